The maximum absolute atomic E-state index is 5.59. The minimum absolute atomic E-state index is 0.638. The summed E-state index contributed by atoms with van der Waals surface area (Å²) in [6.45, 7) is 11.8. The zero-order valence-corrected chi connectivity index (χ0v) is 16.6. The highest BCUT2D eigenvalue weighted by Crippen LogP contribution is 2.29. The second-order valence-corrected chi connectivity index (χ2v) is 7.51. The van der Waals surface area contributed by atoms with Crippen molar-refractivity contribution in [1.29, 1.82) is 0 Å². The molecule has 0 radical (unpaired) electrons. The number of benzene rings is 1. The summed E-state index contributed by atoms with van der Waals surface area (Å²) in [6.07, 6.45) is 2.22. The fourth-order valence-corrected chi connectivity index (χ4v) is 3.67. The number of fused-ring (bicyclic) bond motifs is 1. The van der Waals surface area contributed by atoms with E-state index in [0.717, 1.165) is 50.6 Å². The van der Waals surface area contributed by atoms with Gasteiger partial charge in [-0.1, -0.05) is 32.9 Å². The Morgan fingerprint density at radius 1 is 1.27 bits per heavy atom. The van der Waals surface area contributed by atoms with Gasteiger partial charge in [-0.15, -0.1) is 0 Å². The van der Waals surface area contributed by atoms with Crippen LogP contribution in [0.5, 0.6) is 5.75 Å². The third-order valence-corrected chi connectivity index (χ3v) is 4.92. The minimum atomic E-state index is 0.638. The highest BCUT2D eigenvalue weighted by atomic mass is 16.5. The SMILES string of the molecule is CCCN1CCc2c(c(CNCC(C)C)nn2-c2ccccc2OC)C1. The molecule has 0 fully saturated rings. The maximum atomic E-state index is 5.59. The molecule has 0 aliphatic carbocycles. The molecular weight excluding hydrogens is 324 g/mol. The van der Waals surface area contributed by atoms with Crippen LogP contribution in [0, 0.1) is 5.92 Å². The summed E-state index contributed by atoms with van der Waals surface area (Å²) in [5.41, 5.74) is 4.94. The van der Waals surface area contributed by atoms with Crippen molar-refractivity contribution < 1.29 is 4.74 Å². The smallest absolute Gasteiger partial charge is 0.144 e. The first-order valence-corrected chi connectivity index (χ1v) is 9.80. The molecule has 0 amide bonds. The molecule has 0 saturated heterocycles. The summed E-state index contributed by atoms with van der Waals surface area (Å²) in [5.74, 6) is 1.51. The molecule has 2 heterocycles. The van der Waals surface area contributed by atoms with Crippen molar-refractivity contribution in [2.45, 2.75) is 46.7 Å². The number of hydrogen-bond donors (Lipinski definition) is 1. The first-order valence-electron chi connectivity index (χ1n) is 9.80. The molecule has 0 bridgehead atoms. The van der Waals surface area contributed by atoms with Crippen LogP contribution in [-0.2, 0) is 19.5 Å². The summed E-state index contributed by atoms with van der Waals surface area (Å²) in [7, 11) is 1.73. The van der Waals surface area contributed by atoms with Gasteiger partial charge >= 0.3 is 0 Å². The lowest BCUT2D eigenvalue weighted by Gasteiger charge is -2.27. The molecule has 1 aliphatic heterocycles. The Labute approximate surface area is 157 Å². The standard InChI is InChI=1S/C21H32N4O/c1-5-11-24-12-10-19-17(15-24)18(14-22-13-16(2)3)23-25(19)20-8-6-7-9-21(20)26-4/h6-9,16,22H,5,10-15H2,1-4H3. The monoisotopic (exact) mass is 356 g/mol. The molecule has 1 N–H and O–H groups in total. The molecule has 1 aliphatic rings. The zero-order chi connectivity index (χ0) is 18.5. The Balaban J connectivity index is 1.95. The van der Waals surface area contributed by atoms with Gasteiger partial charge in [0.15, 0.2) is 0 Å². The molecule has 1 aromatic carbocycles. The van der Waals surface area contributed by atoms with Gasteiger partial charge in [0.2, 0.25) is 0 Å². The number of hydrogen-bond acceptors (Lipinski definition) is 4. The van der Waals surface area contributed by atoms with Gasteiger partial charge in [0.1, 0.15) is 11.4 Å². The van der Waals surface area contributed by atoms with Crippen molar-refractivity contribution in [1.82, 2.24) is 20.0 Å². The Morgan fingerprint density at radius 2 is 2.08 bits per heavy atom. The molecule has 3 rings (SSSR count). The first-order chi connectivity index (χ1) is 12.6. The summed E-state index contributed by atoms with van der Waals surface area (Å²) >= 11 is 0. The van der Waals surface area contributed by atoms with Crippen LogP contribution in [-0.4, -0.2) is 41.4 Å². The Kier molecular flexibility index (Phi) is 6.33. The van der Waals surface area contributed by atoms with E-state index in [1.54, 1.807) is 7.11 Å². The number of ether oxygens (including phenoxy) is 1. The van der Waals surface area contributed by atoms with E-state index >= 15 is 0 Å². The Hall–Kier alpha value is -1.85. The fraction of sp³-hybridized carbons (Fsp3) is 0.571. The predicted octanol–water partition coefficient (Wildman–Crippen LogP) is 3.39. The van der Waals surface area contributed by atoms with Gasteiger partial charge in [0, 0.05) is 31.6 Å². The van der Waals surface area contributed by atoms with Crippen molar-refractivity contribution in [2.24, 2.45) is 5.92 Å². The van der Waals surface area contributed by atoms with Crippen LogP contribution >= 0.6 is 0 Å². The first kappa shape index (κ1) is 18.9. The maximum Gasteiger partial charge on any atom is 0.144 e. The highest BCUT2D eigenvalue weighted by Gasteiger charge is 2.25. The molecule has 5 heteroatoms. The quantitative estimate of drug-likeness (QED) is 0.787. The number of para-hydroxylation sites is 2. The molecule has 0 saturated carbocycles. The lowest BCUT2D eigenvalue weighted by atomic mass is 10.0. The highest BCUT2D eigenvalue weighted by molar-refractivity contribution is 5.49. The molecule has 0 unspecified atom stereocenters. The second-order valence-electron chi connectivity index (χ2n) is 7.51. The second kappa shape index (κ2) is 8.69. The van der Waals surface area contributed by atoms with E-state index in [2.05, 4.69) is 47.8 Å². The lowest BCUT2D eigenvalue weighted by Crippen LogP contribution is -2.32. The average Bonchev–Trinajstić information content (AvgIpc) is 2.99. The van der Waals surface area contributed by atoms with Crippen LogP contribution in [0.1, 0.15) is 44.1 Å². The predicted molar refractivity (Wildman–Crippen MR) is 106 cm³/mol. The van der Waals surface area contributed by atoms with E-state index in [4.69, 9.17) is 9.84 Å². The van der Waals surface area contributed by atoms with E-state index in [-0.39, 0.29) is 0 Å². The van der Waals surface area contributed by atoms with Crippen molar-refractivity contribution in [3.63, 3.8) is 0 Å². The van der Waals surface area contributed by atoms with Crippen molar-refractivity contribution in [3.8, 4) is 11.4 Å². The van der Waals surface area contributed by atoms with Crippen LogP contribution in [0.15, 0.2) is 24.3 Å². The van der Waals surface area contributed by atoms with Gasteiger partial charge in [-0.25, -0.2) is 4.68 Å². The van der Waals surface area contributed by atoms with Gasteiger partial charge in [-0.2, -0.15) is 5.10 Å². The van der Waals surface area contributed by atoms with Crippen LogP contribution in [0.2, 0.25) is 0 Å². The Bertz CT molecular complexity index is 723. The van der Waals surface area contributed by atoms with Crippen LogP contribution in [0.4, 0.5) is 0 Å². The van der Waals surface area contributed by atoms with Crippen molar-refractivity contribution in [3.05, 3.63) is 41.2 Å². The summed E-state index contributed by atoms with van der Waals surface area (Å²) in [4.78, 5) is 2.54. The lowest BCUT2D eigenvalue weighted by molar-refractivity contribution is 0.252. The van der Waals surface area contributed by atoms with Crippen LogP contribution in [0.25, 0.3) is 5.69 Å². The van der Waals surface area contributed by atoms with Crippen LogP contribution in [0.3, 0.4) is 0 Å². The molecule has 0 spiro atoms. The Morgan fingerprint density at radius 3 is 2.81 bits per heavy atom. The summed E-state index contributed by atoms with van der Waals surface area (Å²) < 4.78 is 7.70. The number of aromatic nitrogens is 2. The molecule has 1 aromatic heterocycles. The molecule has 26 heavy (non-hydrogen) atoms. The molecule has 2 aromatic rings. The average molecular weight is 357 g/mol. The van der Waals surface area contributed by atoms with E-state index in [9.17, 15) is 0 Å². The van der Waals surface area contributed by atoms with Crippen molar-refractivity contribution in [2.75, 3.05) is 26.7 Å². The number of nitrogens with one attached hydrogen (secondary N) is 1. The molecule has 5 nitrogen and oxygen atoms in total. The number of nitrogens with zero attached hydrogens (tertiary/aromatic N) is 3. The van der Waals surface area contributed by atoms with E-state index in [1.165, 1.54) is 23.4 Å². The molecule has 0 atom stereocenters. The number of rotatable bonds is 8. The third-order valence-electron chi connectivity index (χ3n) is 4.92. The van der Waals surface area contributed by atoms with Gasteiger partial charge in [-0.05, 0) is 37.6 Å². The van der Waals surface area contributed by atoms with E-state index in [1.807, 2.05) is 12.1 Å². The van der Waals surface area contributed by atoms with Gasteiger partial charge < -0.3 is 10.1 Å². The van der Waals surface area contributed by atoms with Gasteiger partial charge in [0.25, 0.3) is 0 Å². The van der Waals surface area contributed by atoms with Gasteiger partial charge in [-0.3, -0.25) is 4.90 Å². The molecule has 142 valence electrons. The topological polar surface area (TPSA) is 42.3 Å². The van der Waals surface area contributed by atoms with Crippen LogP contribution < -0.4 is 10.1 Å². The summed E-state index contributed by atoms with van der Waals surface area (Å²) in [5, 5.41) is 8.58. The number of methoxy groups -OCH3 is 1. The van der Waals surface area contributed by atoms with Crippen molar-refractivity contribution >= 4 is 0 Å². The largest absolute Gasteiger partial charge is 0.494 e. The van der Waals surface area contributed by atoms with Gasteiger partial charge in [0.05, 0.1) is 18.5 Å². The summed E-state index contributed by atoms with van der Waals surface area (Å²) in [6, 6.07) is 8.16. The zero-order valence-electron chi connectivity index (χ0n) is 16.6. The van der Waals surface area contributed by atoms with E-state index in [0.29, 0.717) is 5.92 Å². The minimum Gasteiger partial charge on any atom is -0.494 e. The van der Waals surface area contributed by atoms with E-state index < -0.39 is 0 Å². The fourth-order valence-electron chi connectivity index (χ4n) is 3.67. The third kappa shape index (κ3) is 4.10. The normalized spacial score (nSPS) is 14.7. The molecular formula is C21H32N4O.